The molecule has 2 aromatic heterocycles. The van der Waals surface area contributed by atoms with Crippen molar-refractivity contribution in [2.24, 2.45) is 10.7 Å². The number of aliphatic imine (C=N–C) groups is 1. The van der Waals surface area contributed by atoms with Crippen molar-refractivity contribution in [3.05, 3.63) is 58.3 Å². The summed E-state index contributed by atoms with van der Waals surface area (Å²) in [6.45, 7) is 7.83. The standard InChI is InChI=1S/C33H35F4N9O2/c1-5-40-29-26(18(3)44-46(29)16-25(39)47)19-12-22(34)21(15-38)23(13-19)45-11-10-32(14-17(45)2)30(48)42-28(43-32)20-6-7-24(33(35,36)37)41-27(20)31(4)8-9-31/h6-7,12-13,17,40H,5,8-11,14,16H2,1-4H3,(H2,39,47)(H,42,43,48)/t17-,32+/m0/s1. The number of aryl methyl sites for hydroxylation is 1. The topological polar surface area (TPSA) is 154 Å². The minimum absolute atomic E-state index is 0.160. The van der Waals surface area contributed by atoms with Crippen LogP contribution in [0, 0.1) is 24.1 Å². The van der Waals surface area contributed by atoms with Crippen LogP contribution >= 0.6 is 0 Å². The van der Waals surface area contributed by atoms with Gasteiger partial charge in [0, 0.05) is 42.1 Å². The van der Waals surface area contributed by atoms with Crippen molar-refractivity contribution in [3.8, 4) is 17.2 Å². The molecule has 4 heterocycles. The minimum Gasteiger partial charge on any atom is -0.370 e. The van der Waals surface area contributed by atoms with Crippen LogP contribution in [-0.2, 0) is 27.7 Å². The molecule has 2 amide bonds. The van der Waals surface area contributed by atoms with Crippen molar-refractivity contribution >= 4 is 29.2 Å². The number of piperidine rings is 1. The third kappa shape index (κ3) is 5.62. The largest absolute Gasteiger partial charge is 0.433 e. The summed E-state index contributed by atoms with van der Waals surface area (Å²) in [7, 11) is 0. The number of carbonyl (C=O) groups excluding carboxylic acids is 2. The third-order valence-corrected chi connectivity index (χ3v) is 9.48. The second-order valence-electron chi connectivity index (χ2n) is 13.0. The smallest absolute Gasteiger partial charge is 0.370 e. The molecule has 3 aliphatic rings. The number of nitrogens with two attached hydrogens (primary N) is 1. The number of anilines is 2. The molecule has 1 aromatic carbocycles. The van der Waals surface area contributed by atoms with Gasteiger partial charge in [0.15, 0.2) is 0 Å². The predicted octanol–water partition coefficient (Wildman–Crippen LogP) is 4.56. The van der Waals surface area contributed by atoms with Gasteiger partial charge in [0.05, 0.1) is 17.1 Å². The van der Waals surface area contributed by atoms with Crippen LogP contribution in [0.15, 0.2) is 29.3 Å². The molecule has 1 aliphatic carbocycles. The Morgan fingerprint density at radius 2 is 1.98 bits per heavy atom. The Morgan fingerprint density at radius 1 is 1.25 bits per heavy atom. The molecule has 1 saturated heterocycles. The first-order chi connectivity index (χ1) is 22.6. The molecule has 2 atom stereocenters. The first kappa shape index (κ1) is 32.9. The molecule has 3 aromatic rings. The van der Waals surface area contributed by atoms with Crippen LogP contribution in [0.1, 0.15) is 74.7 Å². The number of nitriles is 1. The van der Waals surface area contributed by atoms with E-state index >= 15 is 4.39 Å². The number of rotatable bonds is 8. The van der Waals surface area contributed by atoms with Gasteiger partial charge in [-0.1, -0.05) is 6.92 Å². The van der Waals surface area contributed by atoms with Gasteiger partial charge in [0.1, 0.15) is 46.9 Å². The number of benzene rings is 1. The number of nitrogens with zero attached hydrogens (tertiary/aromatic N) is 6. The highest BCUT2D eigenvalue weighted by molar-refractivity contribution is 6.16. The molecule has 0 bridgehead atoms. The lowest BCUT2D eigenvalue weighted by molar-refractivity contribution is -0.141. The van der Waals surface area contributed by atoms with E-state index in [0.29, 0.717) is 53.3 Å². The van der Waals surface area contributed by atoms with Crippen molar-refractivity contribution in [2.45, 2.75) is 83.1 Å². The summed E-state index contributed by atoms with van der Waals surface area (Å²) in [5.41, 5.74) is 5.00. The molecule has 6 rings (SSSR count). The highest BCUT2D eigenvalue weighted by Crippen LogP contribution is 2.49. The van der Waals surface area contributed by atoms with Crippen molar-refractivity contribution in [1.29, 1.82) is 5.26 Å². The van der Waals surface area contributed by atoms with Crippen LogP contribution in [0.2, 0.25) is 0 Å². The summed E-state index contributed by atoms with van der Waals surface area (Å²) in [5, 5.41) is 20.4. The fourth-order valence-corrected chi connectivity index (χ4v) is 6.84. The van der Waals surface area contributed by atoms with E-state index in [1.807, 2.05) is 31.7 Å². The molecular formula is C33H35F4N9O2. The Morgan fingerprint density at radius 3 is 2.58 bits per heavy atom. The van der Waals surface area contributed by atoms with Crippen molar-refractivity contribution in [2.75, 3.05) is 23.3 Å². The number of amidine groups is 1. The normalized spacial score (nSPS) is 21.6. The van der Waals surface area contributed by atoms with E-state index in [9.17, 15) is 28.0 Å². The monoisotopic (exact) mass is 665 g/mol. The average molecular weight is 666 g/mol. The molecule has 252 valence electrons. The first-order valence-corrected chi connectivity index (χ1v) is 15.7. The number of alkyl halides is 3. The molecule has 15 heteroatoms. The van der Waals surface area contributed by atoms with Gasteiger partial charge in [-0.05, 0) is 69.9 Å². The van der Waals surface area contributed by atoms with Crippen molar-refractivity contribution < 1.29 is 27.2 Å². The fourth-order valence-electron chi connectivity index (χ4n) is 6.84. The second-order valence-corrected chi connectivity index (χ2v) is 13.0. The number of hydrogen-bond donors (Lipinski definition) is 3. The van der Waals surface area contributed by atoms with Crippen LogP contribution in [0.5, 0.6) is 0 Å². The maximum atomic E-state index is 15.6. The van der Waals surface area contributed by atoms with E-state index in [1.165, 1.54) is 16.8 Å². The number of pyridine rings is 1. The predicted molar refractivity (Wildman–Crippen MR) is 170 cm³/mol. The fraction of sp³-hybridized carbons (Fsp3) is 0.455. The van der Waals surface area contributed by atoms with E-state index < -0.39 is 40.6 Å². The van der Waals surface area contributed by atoms with E-state index in [1.54, 1.807) is 13.0 Å². The summed E-state index contributed by atoms with van der Waals surface area (Å²) < 4.78 is 57.7. The Labute approximate surface area is 274 Å². The maximum absolute atomic E-state index is 15.6. The van der Waals surface area contributed by atoms with Gasteiger partial charge in [-0.3, -0.25) is 14.6 Å². The molecular weight excluding hydrogens is 630 g/mol. The summed E-state index contributed by atoms with van der Waals surface area (Å²) >= 11 is 0. The van der Waals surface area contributed by atoms with Gasteiger partial charge in [-0.2, -0.15) is 23.5 Å². The SMILES string of the molecule is CCNc1c(-c2cc(F)c(C#N)c(N3CC[C@]4(C[C@@H]3C)N=C(c3ccc(C(F)(F)F)nc3C3(C)CC3)NC4=O)c2)c(C)nn1CC(N)=O. The number of aromatic nitrogens is 3. The van der Waals surface area contributed by atoms with Crippen LogP contribution in [0.25, 0.3) is 11.1 Å². The molecule has 11 nitrogen and oxygen atoms in total. The van der Waals surface area contributed by atoms with Crippen LogP contribution in [-0.4, -0.2) is 57.1 Å². The van der Waals surface area contributed by atoms with Crippen molar-refractivity contribution in [1.82, 2.24) is 20.1 Å². The minimum atomic E-state index is -4.61. The number of amides is 2. The van der Waals surface area contributed by atoms with Gasteiger partial charge >= 0.3 is 6.18 Å². The summed E-state index contributed by atoms with van der Waals surface area (Å²) in [6, 6.07) is 6.78. The average Bonchev–Trinajstić information content (AvgIpc) is 3.59. The third-order valence-electron chi connectivity index (χ3n) is 9.48. The Kier molecular flexibility index (Phi) is 7.96. The summed E-state index contributed by atoms with van der Waals surface area (Å²) in [6.07, 6.45) is -2.85. The van der Waals surface area contributed by atoms with Gasteiger partial charge in [-0.25, -0.2) is 14.1 Å². The highest BCUT2D eigenvalue weighted by Gasteiger charge is 2.51. The van der Waals surface area contributed by atoms with E-state index in [4.69, 9.17) is 10.7 Å². The molecule has 4 N–H and O–H groups in total. The number of carbonyl (C=O) groups is 2. The zero-order chi connectivity index (χ0) is 34.8. The quantitative estimate of drug-likeness (QED) is 0.298. The lowest BCUT2D eigenvalue weighted by atomic mass is 9.83. The summed E-state index contributed by atoms with van der Waals surface area (Å²) in [5.74, 6) is -1.03. The lowest BCUT2D eigenvalue weighted by Gasteiger charge is -2.42. The maximum Gasteiger partial charge on any atom is 0.433 e. The van der Waals surface area contributed by atoms with Gasteiger partial charge in [-0.15, -0.1) is 0 Å². The lowest BCUT2D eigenvalue weighted by Crippen LogP contribution is -2.53. The van der Waals surface area contributed by atoms with Crippen LogP contribution in [0.4, 0.5) is 29.1 Å². The second kappa shape index (κ2) is 11.6. The number of hydrogen-bond acceptors (Lipinski definition) is 8. The molecule has 1 saturated carbocycles. The number of halogens is 4. The Balaban J connectivity index is 1.35. The first-order valence-electron chi connectivity index (χ1n) is 15.7. The van der Waals surface area contributed by atoms with Crippen molar-refractivity contribution in [3.63, 3.8) is 0 Å². The molecule has 48 heavy (non-hydrogen) atoms. The van der Waals surface area contributed by atoms with Crippen LogP contribution < -0.4 is 21.3 Å². The highest BCUT2D eigenvalue weighted by atomic mass is 19.4. The van der Waals surface area contributed by atoms with Crippen LogP contribution in [0.3, 0.4) is 0 Å². The van der Waals surface area contributed by atoms with Gasteiger partial charge < -0.3 is 21.3 Å². The zero-order valence-electron chi connectivity index (χ0n) is 26.9. The molecule has 2 aliphatic heterocycles. The zero-order valence-corrected chi connectivity index (χ0v) is 26.9. The number of nitrogens with one attached hydrogen (secondary N) is 2. The summed E-state index contributed by atoms with van der Waals surface area (Å²) in [4.78, 5) is 35.9. The number of primary amides is 1. The molecule has 1 spiro atoms. The molecule has 0 unspecified atom stereocenters. The Hall–Kier alpha value is -5.00. The molecule has 0 radical (unpaired) electrons. The van der Waals surface area contributed by atoms with E-state index in [-0.39, 0.29) is 48.9 Å². The van der Waals surface area contributed by atoms with E-state index in [0.717, 1.165) is 6.07 Å². The van der Waals surface area contributed by atoms with Gasteiger partial charge in [0.2, 0.25) is 5.91 Å². The van der Waals surface area contributed by atoms with E-state index in [2.05, 4.69) is 20.7 Å². The Bertz CT molecular complexity index is 1910. The molecule has 2 fully saturated rings. The van der Waals surface area contributed by atoms with Gasteiger partial charge in [0.25, 0.3) is 5.91 Å².